The van der Waals surface area contributed by atoms with E-state index in [1.165, 1.54) is 0 Å². The summed E-state index contributed by atoms with van der Waals surface area (Å²) in [5.41, 5.74) is 11.5. The lowest BCUT2D eigenvalue weighted by molar-refractivity contribution is 1.28. The molecular formula is C64H40N4. The highest BCUT2D eigenvalue weighted by Gasteiger charge is 2.22. The van der Waals surface area contributed by atoms with Crippen molar-refractivity contribution in [3.05, 3.63) is 254 Å². The summed E-state index contributed by atoms with van der Waals surface area (Å²) >= 11 is 0. The van der Waals surface area contributed by atoms with Crippen LogP contribution >= 0.6 is 0 Å². The van der Waals surface area contributed by atoms with Crippen molar-refractivity contribution in [1.82, 2.24) is 0 Å². The van der Waals surface area contributed by atoms with Crippen molar-refractivity contribution in [2.24, 2.45) is 0 Å². The fraction of sp³-hybridized carbons (Fsp3) is 0. The SMILES string of the molecule is N#Cc1cc2c(cc1C#N)c1cc(-c3ccc(N(c4ccccc4)c4ccccc4)cc3)c3ccccc3c1c1c3ccccc3c(-c3ccc(N(c4ccccc4)c4ccccc4)cc3)cc21. The third kappa shape index (κ3) is 6.76. The van der Waals surface area contributed by atoms with Crippen LogP contribution in [0.4, 0.5) is 34.1 Å². The van der Waals surface area contributed by atoms with Crippen LogP contribution < -0.4 is 9.80 Å². The smallest absolute Gasteiger partial charge is 0.101 e. The lowest BCUT2D eigenvalue weighted by Crippen LogP contribution is -2.09. The Hall–Kier alpha value is -9.48. The summed E-state index contributed by atoms with van der Waals surface area (Å²) in [6.07, 6.45) is 0. The number of benzene rings is 12. The van der Waals surface area contributed by atoms with Crippen LogP contribution in [0.1, 0.15) is 11.1 Å². The van der Waals surface area contributed by atoms with E-state index < -0.39 is 0 Å². The maximum Gasteiger partial charge on any atom is 0.101 e. The molecule has 0 amide bonds. The first kappa shape index (κ1) is 40.1. The number of rotatable bonds is 8. The van der Waals surface area contributed by atoms with Crippen LogP contribution in [0.25, 0.3) is 76.1 Å². The first-order valence-corrected chi connectivity index (χ1v) is 22.8. The third-order valence-corrected chi connectivity index (χ3v) is 13.2. The molecule has 0 spiro atoms. The molecular weight excluding hydrogens is 825 g/mol. The minimum Gasteiger partial charge on any atom is -0.311 e. The van der Waals surface area contributed by atoms with Crippen LogP contribution in [0, 0.1) is 22.7 Å². The third-order valence-electron chi connectivity index (χ3n) is 13.2. The molecule has 68 heavy (non-hydrogen) atoms. The summed E-state index contributed by atoms with van der Waals surface area (Å²) in [4.78, 5) is 4.55. The van der Waals surface area contributed by atoms with E-state index in [1.807, 2.05) is 36.4 Å². The van der Waals surface area contributed by atoms with Gasteiger partial charge in [0.1, 0.15) is 12.1 Å². The predicted octanol–water partition coefficient (Wildman–Crippen LogP) is 17.5. The van der Waals surface area contributed by atoms with Gasteiger partial charge in [-0.1, -0.05) is 146 Å². The van der Waals surface area contributed by atoms with Gasteiger partial charge < -0.3 is 9.80 Å². The molecule has 0 saturated heterocycles. The number of hydrogen-bond acceptors (Lipinski definition) is 4. The molecule has 0 aliphatic heterocycles. The Morgan fingerprint density at radius 2 is 0.529 bits per heavy atom. The maximum atomic E-state index is 10.5. The monoisotopic (exact) mass is 864 g/mol. The topological polar surface area (TPSA) is 54.1 Å². The van der Waals surface area contributed by atoms with Gasteiger partial charge in [-0.3, -0.25) is 0 Å². The molecule has 0 N–H and O–H groups in total. The molecule has 0 bridgehead atoms. The zero-order valence-electron chi connectivity index (χ0n) is 36.9. The lowest BCUT2D eigenvalue weighted by atomic mass is 9.83. The molecule has 0 unspecified atom stereocenters. The zero-order valence-corrected chi connectivity index (χ0v) is 36.9. The lowest BCUT2D eigenvalue weighted by Gasteiger charge is -2.26. The summed E-state index contributed by atoms with van der Waals surface area (Å²) in [7, 11) is 0. The van der Waals surface area contributed by atoms with Crippen molar-refractivity contribution in [1.29, 1.82) is 10.5 Å². The molecule has 4 nitrogen and oxygen atoms in total. The van der Waals surface area contributed by atoms with Crippen LogP contribution in [0.2, 0.25) is 0 Å². The summed E-state index contributed by atoms with van der Waals surface area (Å²) in [6.45, 7) is 0. The molecule has 12 aromatic rings. The van der Waals surface area contributed by atoms with Crippen molar-refractivity contribution in [3.63, 3.8) is 0 Å². The molecule has 0 fully saturated rings. The Morgan fingerprint density at radius 1 is 0.250 bits per heavy atom. The predicted molar refractivity (Wildman–Crippen MR) is 284 cm³/mol. The van der Waals surface area contributed by atoms with Gasteiger partial charge in [0.05, 0.1) is 11.1 Å². The van der Waals surface area contributed by atoms with Crippen LogP contribution in [-0.4, -0.2) is 0 Å². The second-order valence-corrected chi connectivity index (χ2v) is 17.1. The highest BCUT2D eigenvalue weighted by atomic mass is 15.1. The van der Waals surface area contributed by atoms with Crippen molar-refractivity contribution in [2.45, 2.75) is 0 Å². The van der Waals surface area contributed by atoms with Gasteiger partial charge in [-0.25, -0.2) is 0 Å². The Bertz CT molecular complexity index is 3610. The van der Waals surface area contributed by atoms with E-state index in [0.717, 1.165) is 110 Å². The minimum absolute atomic E-state index is 0.361. The fourth-order valence-electron chi connectivity index (χ4n) is 10.2. The summed E-state index contributed by atoms with van der Waals surface area (Å²) in [6, 6.07) is 90.0. The summed E-state index contributed by atoms with van der Waals surface area (Å²) in [5.74, 6) is 0. The van der Waals surface area contributed by atoms with Crippen molar-refractivity contribution >= 4 is 88.0 Å². The van der Waals surface area contributed by atoms with Crippen molar-refractivity contribution in [3.8, 4) is 34.4 Å². The second-order valence-electron chi connectivity index (χ2n) is 17.1. The largest absolute Gasteiger partial charge is 0.311 e. The number of fused-ring (bicyclic) bond motifs is 10. The van der Waals surface area contributed by atoms with Gasteiger partial charge in [0.25, 0.3) is 0 Å². The van der Waals surface area contributed by atoms with E-state index in [9.17, 15) is 10.5 Å². The first-order valence-electron chi connectivity index (χ1n) is 22.8. The molecule has 0 atom stereocenters. The molecule has 12 aromatic carbocycles. The number of nitriles is 2. The minimum atomic E-state index is 0.361. The Labute approximate surface area is 394 Å². The van der Waals surface area contributed by atoms with Crippen molar-refractivity contribution < 1.29 is 0 Å². The molecule has 0 aliphatic carbocycles. The molecule has 316 valence electrons. The van der Waals surface area contributed by atoms with E-state index in [1.54, 1.807) is 0 Å². The van der Waals surface area contributed by atoms with Crippen LogP contribution in [-0.2, 0) is 0 Å². The maximum absolute atomic E-state index is 10.5. The summed E-state index contributed by atoms with van der Waals surface area (Å²) in [5, 5.41) is 31.6. The Balaban J connectivity index is 1.09. The number of para-hydroxylation sites is 4. The van der Waals surface area contributed by atoms with E-state index >= 15 is 0 Å². The highest BCUT2D eigenvalue weighted by molar-refractivity contribution is 6.38. The molecule has 0 aliphatic rings. The first-order chi connectivity index (χ1) is 33.7. The van der Waals surface area contributed by atoms with Gasteiger partial charge in [-0.15, -0.1) is 0 Å². The van der Waals surface area contributed by atoms with Gasteiger partial charge in [0.15, 0.2) is 0 Å². The molecule has 12 rings (SSSR count). The normalized spacial score (nSPS) is 11.2. The number of hydrogen-bond donors (Lipinski definition) is 0. The quantitative estimate of drug-likeness (QED) is 0.143. The fourth-order valence-corrected chi connectivity index (χ4v) is 10.2. The van der Waals surface area contributed by atoms with Crippen LogP contribution in [0.15, 0.2) is 243 Å². The van der Waals surface area contributed by atoms with Gasteiger partial charge in [0.2, 0.25) is 0 Å². The molecule has 0 saturated carbocycles. The van der Waals surface area contributed by atoms with Crippen molar-refractivity contribution in [2.75, 3.05) is 9.80 Å². The Kier molecular flexibility index (Phi) is 9.91. The van der Waals surface area contributed by atoms with Gasteiger partial charge >= 0.3 is 0 Å². The highest BCUT2D eigenvalue weighted by Crippen LogP contribution is 2.48. The van der Waals surface area contributed by atoms with E-state index in [-0.39, 0.29) is 0 Å². The van der Waals surface area contributed by atoms with Gasteiger partial charge in [-0.2, -0.15) is 10.5 Å². The number of anilines is 6. The molecule has 0 radical (unpaired) electrons. The van der Waals surface area contributed by atoms with E-state index in [4.69, 9.17) is 0 Å². The standard InChI is InChI=1S/C64H40N4/c65-41-45-37-59-60(38-46(45)42-66)62-40-58(44-31-35-52(36-32-44)68(49-21-9-3-10-22-49)50-23-11-4-12-24-50)54-26-14-16-28-56(54)64(62)63-55-27-15-13-25-53(55)57(39-61(59)63)43-29-33-51(34-30-43)67(47-17-5-1-6-18-47)48-19-7-2-8-20-48/h1-40H. The number of nitrogens with zero attached hydrogens (tertiary/aromatic N) is 4. The zero-order chi connectivity index (χ0) is 45.6. The summed E-state index contributed by atoms with van der Waals surface area (Å²) < 4.78 is 0. The van der Waals surface area contributed by atoms with Gasteiger partial charge in [0, 0.05) is 34.1 Å². The van der Waals surface area contributed by atoms with Crippen LogP contribution in [0.5, 0.6) is 0 Å². The van der Waals surface area contributed by atoms with Crippen LogP contribution in [0.3, 0.4) is 0 Å². The molecule has 4 heteroatoms. The average Bonchev–Trinajstić information content (AvgIpc) is 3.41. The van der Waals surface area contributed by atoms with Gasteiger partial charge in [-0.05, 0) is 173 Å². The Morgan fingerprint density at radius 3 is 0.838 bits per heavy atom. The van der Waals surface area contributed by atoms with E-state index in [0.29, 0.717) is 11.1 Å². The molecule has 0 heterocycles. The molecule has 0 aromatic heterocycles. The second kappa shape index (κ2) is 16.8. The van der Waals surface area contributed by atoms with E-state index in [2.05, 4.69) is 228 Å². The average molecular weight is 865 g/mol.